The molecule has 1 rings (SSSR count). The lowest BCUT2D eigenvalue weighted by Gasteiger charge is -2.16. The highest BCUT2D eigenvalue weighted by Crippen LogP contribution is 2.12. The standard InChI is InChI=1S/C16H22O4/c1-12(8-15(18)16(19)13(2)9-17)10-20-11-14-6-4-3-5-7-14/h3-7,9,12,15,17-18H,8,10-11H2,1-2H3/b13-9-/t12-,15-/m1/s1. The molecule has 0 aliphatic heterocycles. The Balaban J connectivity index is 2.30. The predicted molar refractivity (Wildman–Crippen MR) is 77.3 cm³/mol. The first-order chi connectivity index (χ1) is 9.54. The Labute approximate surface area is 119 Å². The summed E-state index contributed by atoms with van der Waals surface area (Å²) < 4.78 is 5.56. The zero-order valence-corrected chi connectivity index (χ0v) is 12.0. The molecule has 0 aliphatic carbocycles. The van der Waals surface area contributed by atoms with Crippen LogP contribution in [0.4, 0.5) is 0 Å². The van der Waals surface area contributed by atoms with Gasteiger partial charge in [-0.1, -0.05) is 37.3 Å². The van der Waals surface area contributed by atoms with Crippen LogP contribution in [0, 0.1) is 5.92 Å². The first-order valence-electron chi connectivity index (χ1n) is 6.69. The maximum absolute atomic E-state index is 11.6. The van der Waals surface area contributed by atoms with E-state index in [9.17, 15) is 9.90 Å². The topological polar surface area (TPSA) is 66.8 Å². The van der Waals surface area contributed by atoms with Crippen LogP contribution in [0.3, 0.4) is 0 Å². The van der Waals surface area contributed by atoms with Gasteiger partial charge in [-0.15, -0.1) is 0 Å². The van der Waals surface area contributed by atoms with E-state index in [1.54, 1.807) is 0 Å². The average Bonchev–Trinajstić information content (AvgIpc) is 2.46. The Kier molecular flexibility index (Phi) is 6.98. The zero-order valence-electron chi connectivity index (χ0n) is 12.0. The van der Waals surface area contributed by atoms with Crippen molar-refractivity contribution in [3.8, 4) is 0 Å². The summed E-state index contributed by atoms with van der Waals surface area (Å²) in [6.07, 6.45) is -0.0466. The van der Waals surface area contributed by atoms with Crippen LogP contribution in [0.1, 0.15) is 25.8 Å². The van der Waals surface area contributed by atoms with Gasteiger partial charge in [0.25, 0.3) is 0 Å². The Morgan fingerprint density at radius 2 is 2.00 bits per heavy atom. The predicted octanol–water partition coefficient (Wildman–Crippen LogP) is 2.62. The number of aliphatic hydroxyl groups is 2. The van der Waals surface area contributed by atoms with Crippen LogP contribution in [0.25, 0.3) is 0 Å². The Morgan fingerprint density at radius 1 is 1.35 bits per heavy atom. The summed E-state index contributed by atoms with van der Waals surface area (Å²) >= 11 is 0. The molecular formula is C16H22O4. The highest BCUT2D eigenvalue weighted by atomic mass is 16.5. The van der Waals surface area contributed by atoms with E-state index in [-0.39, 0.29) is 11.5 Å². The number of hydrogen-bond acceptors (Lipinski definition) is 4. The molecule has 0 fully saturated rings. The molecule has 20 heavy (non-hydrogen) atoms. The lowest BCUT2D eigenvalue weighted by Crippen LogP contribution is -2.25. The van der Waals surface area contributed by atoms with Gasteiger partial charge in [-0.05, 0) is 24.8 Å². The Bertz CT molecular complexity index is 439. The highest BCUT2D eigenvalue weighted by molar-refractivity contribution is 5.97. The third-order valence-corrected chi connectivity index (χ3v) is 3.02. The number of Topliss-reactive ketones (excluding diaryl/α,β-unsaturated/α-hetero) is 1. The summed E-state index contributed by atoms with van der Waals surface area (Å²) in [4.78, 5) is 11.6. The fraction of sp³-hybridized carbons (Fsp3) is 0.438. The summed E-state index contributed by atoms with van der Waals surface area (Å²) in [5.41, 5.74) is 1.25. The van der Waals surface area contributed by atoms with Crippen LogP contribution in [-0.4, -0.2) is 28.7 Å². The molecule has 0 radical (unpaired) electrons. The molecule has 0 spiro atoms. The van der Waals surface area contributed by atoms with Crippen molar-refractivity contribution in [3.63, 3.8) is 0 Å². The van der Waals surface area contributed by atoms with Gasteiger partial charge in [0.2, 0.25) is 0 Å². The number of benzene rings is 1. The number of hydrogen-bond donors (Lipinski definition) is 2. The molecule has 1 aromatic rings. The molecule has 0 heterocycles. The second-order valence-corrected chi connectivity index (χ2v) is 5.03. The van der Waals surface area contributed by atoms with E-state index in [0.29, 0.717) is 19.6 Å². The molecule has 0 aromatic heterocycles. The molecule has 2 atom stereocenters. The van der Waals surface area contributed by atoms with Gasteiger partial charge in [-0.2, -0.15) is 0 Å². The van der Waals surface area contributed by atoms with Crippen LogP contribution in [-0.2, 0) is 16.1 Å². The van der Waals surface area contributed by atoms with E-state index in [0.717, 1.165) is 11.8 Å². The Morgan fingerprint density at radius 3 is 2.60 bits per heavy atom. The van der Waals surface area contributed by atoms with Crippen molar-refractivity contribution in [1.82, 2.24) is 0 Å². The number of carbonyl (C=O) groups excluding carboxylic acids is 1. The van der Waals surface area contributed by atoms with Crippen molar-refractivity contribution in [3.05, 3.63) is 47.7 Å². The van der Waals surface area contributed by atoms with Gasteiger partial charge >= 0.3 is 0 Å². The summed E-state index contributed by atoms with van der Waals surface area (Å²) in [5.74, 6) is -0.383. The zero-order chi connectivity index (χ0) is 15.0. The SMILES string of the molecule is C/C(=C/O)C(=O)[C@H](O)C[C@@H](C)COCc1ccccc1. The van der Waals surface area contributed by atoms with E-state index in [4.69, 9.17) is 9.84 Å². The number of ketones is 1. The average molecular weight is 278 g/mol. The number of carbonyl (C=O) groups is 1. The van der Waals surface area contributed by atoms with E-state index in [2.05, 4.69) is 0 Å². The lowest BCUT2D eigenvalue weighted by molar-refractivity contribution is -0.124. The van der Waals surface area contributed by atoms with Crippen molar-refractivity contribution >= 4 is 5.78 Å². The monoisotopic (exact) mass is 278 g/mol. The van der Waals surface area contributed by atoms with Crippen molar-refractivity contribution < 1.29 is 19.7 Å². The van der Waals surface area contributed by atoms with Crippen LogP contribution in [0.2, 0.25) is 0 Å². The van der Waals surface area contributed by atoms with Crippen molar-refractivity contribution in [2.45, 2.75) is 33.0 Å². The molecule has 0 bridgehead atoms. The molecule has 110 valence electrons. The molecule has 2 N–H and O–H groups in total. The van der Waals surface area contributed by atoms with Gasteiger partial charge in [-0.25, -0.2) is 0 Å². The van der Waals surface area contributed by atoms with E-state index in [1.807, 2.05) is 37.3 Å². The van der Waals surface area contributed by atoms with Crippen molar-refractivity contribution in [2.24, 2.45) is 5.92 Å². The smallest absolute Gasteiger partial charge is 0.190 e. The molecule has 0 saturated heterocycles. The lowest BCUT2D eigenvalue weighted by atomic mass is 9.99. The number of ether oxygens (including phenoxy) is 1. The van der Waals surface area contributed by atoms with E-state index < -0.39 is 11.9 Å². The molecule has 0 saturated carbocycles. The quantitative estimate of drug-likeness (QED) is 0.566. The second-order valence-electron chi connectivity index (χ2n) is 5.03. The first kappa shape index (κ1) is 16.4. The summed E-state index contributed by atoms with van der Waals surface area (Å²) in [6.45, 7) is 4.38. The summed E-state index contributed by atoms with van der Waals surface area (Å²) in [7, 11) is 0. The highest BCUT2D eigenvalue weighted by Gasteiger charge is 2.19. The maximum atomic E-state index is 11.6. The summed E-state index contributed by atoms with van der Waals surface area (Å²) in [5, 5.41) is 18.5. The molecule has 4 nitrogen and oxygen atoms in total. The van der Waals surface area contributed by atoms with Crippen molar-refractivity contribution in [2.75, 3.05) is 6.61 Å². The van der Waals surface area contributed by atoms with Crippen LogP contribution in [0.5, 0.6) is 0 Å². The molecular weight excluding hydrogens is 256 g/mol. The Hall–Kier alpha value is -1.65. The minimum absolute atomic E-state index is 0.0594. The minimum atomic E-state index is -1.09. The van der Waals surface area contributed by atoms with Gasteiger partial charge in [0.15, 0.2) is 5.78 Å². The summed E-state index contributed by atoms with van der Waals surface area (Å²) in [6, 6.07) is 9.82. The molecule has 0 amide bonds. The molecule has 1 aromatic carbocycles. The van der Waals surface area contributed by atoms with Gasteiger partial charge < -0.3 is 14.9 Å². The molecule has 4 heteroatoms. The van der Waals surface area contributed by atoms with Crippen LogP contribution in [0.15, 0.2) is 42.2 Å². The normalized spacial score (nSPS) is 14.8. The van der Waals surface area contributed by atoms with Gasteiger partial charge in [0.1, 0.15) is 6.10 Å². The number of rotatable bonds is 8. The van der Waals surface area contributed by atoms with Gasteiger partial charge in [0.05, 0.1) is 12.9 Å². The third-order valence-electron chi connectivity index (χ3n) is 3.02. The second kappa shape index (κ2) is 8.51. The van der Waals surface area contributed by atoms with Gasteiger partial charge in [-0.3, -0.25) is 4.79 Å². The van der Waals surface area contributed by atoms with E-state index >= 15 is 0 Å². The largest absolute Gasteiger partial charge is 0.515 e. The fourth-order valence-electron chi connectivity index (χ4n) is 1.83. The van der Waals surface area contributed by atoms with Gasteiger partial charge in [0, 0.05) is 12.2 Å². The van der Waals surface area contributed by atoms with Crippen LogP contribution >= 0.6 is 0 Å². The van der Waals surface area contributed by atoms with Crippen molar-refractivity contribution in [1.29, 1.82) is 0 Å². The van der Waals surface area contributed by atoms with Crippen LogP contribution < -0.4 is 0 Å². The maximum Gasteiger partial charge on any atom is 0.190 e. The molecule has 0 unspecified atom stereocenters. The first-order valence-corrected chi connectivity index (χ1v) is 6.69. The minimum Gasteiger partial charge on any atom is -0.515 e. The third kappa shape index (κ3) is 5.55. The number of aliphatic hydroxyl groups excluding tert-OH is 2. The molecule has 0 aliphatic rings. The van der Waals surface area contributed by atoms with E-state index in [1.165, 1.54) is 6.92 Å². The fourth-order valence-corrected chi connectivity index (χ4v) is 1.83.